The molecule has 1 heterocycles. The highest BCUT2D eigenvalue weighted by molar-refractivity contribution is 5.73. The van der Waals surface area contributed by atoms with Crippen molar-refractivity contribution in [3.05, 3.63) is 0 Å². The molecule has 100 valence electrons. The highest BCUT2D eigenvalue weighted by Gasteiger charge is 2.13. The molecule has 0 aromatic rings. The maximum Gasteiger partial charge on any atom is 0.316 e. The van der Waals surface area contributed by atoms with Crippen LogP contribution in [0.2, 0.25) is 0 Å². The summed E-state index contributed by atoms with van der Waals surface area (Å²) in [6.07, 6.45) is 3.71. The van der Waals surface area contributed by atoms with Crippen LogP contribution >= 0.6 is 0 Å². The molecule has 0 bridgehead atoms. The van der Waals surface area contributed by atoms with E-state index in [1.54, 1.807) is 19.0 Å². The van der Waals surface area contributed by atoms with Gasteiger partial charge in [-0.25, -0.2) is 4.79 Å². The Kier molecular flexibility index (Phi) is 6.29. The Morgan fingerprint density at radius 3 is 2.76 bits per heavy atom. The third kappa shape index (κ3) is 5.89. The van der Waals surface area contributed by atoms with E-state index in [0.717, 1.165) is 6.54 Å². The van der Waals surface area contributed by atoms with Crippen LogP contribution in [0, 0.1) is 0 Å². The third-order valence-corrected chi connectivity index (χ3v) is 3.19. The van der Waals surface area contributed by atoms with Gasteiger partial charge in [0.15, 0.2) is 0 Å². The molecule has 1 fully saturated rings. The lowest BCUT2D eigenvalue weighted by Crippen LogP contribution is -2.41. The fraction of sp³-hybridized carbons (Fsp3) is 0.917. The summed E-state index contributed by atoms with van der Waals surface area (Å²) >= 11 is 0. The number of carbonyl (C=O) groups excluding carboxylic acids is 1. The molecule has 1 rings (SSSR count). The van der Waals surface area contributed by atoms with Crippen LogP contribution in [0.25, 0.3) is 0 Å². The third-order valence-electron chi connectivity index (χ3n) is 3.19. The van der Waals surface area contributed by atoms with Crippen LogP contribution in [0.5, 0.6) is 0 Å². The van der Waals surface area contributed by atoms with Crippen LogP contribution < -0.4 is 10.6 Å². The molecule has 0 radical (unpaired) electrons. The van der Waals surface area contributed by atoms with Gasteiger partial charge in [0.05, 0.1) is 0 Å². The highest BCUT2D eigenvalue weighted by atomic mass is 16.2. The second-order valence-electron chi connectivity index (χ2n) is 5.01. The van der Waals surface area contributed by atoms with Gasteiger partial charge in [0, 0.05) is 33.2 Å². The number of carbonyl (C=O) groups is 1. The lowest BCUT2D eigenvalue weighted by molar-refractivity contribution is 0.217. The summed E-state index contributed by atoms with van der Waals surface area (Å²) in [6, 6.07) is 0.587. The summed E-state index contributed by atoms with van der Waals surface area (Å²) in [5.74, 6) is 0. The first-order valence-electron chi connectivity index (χ1n) is 6.46. The average molecular weight is 242 g/mol. The van der Waals surface area contributed by atoms with Crippen molar-refractivity contribution < 1.29 is 4.79 Å². The van der Waals surface area contributed by atoms with Crippen LogP contribution in [0.15, 0.2) is 0 Å². The van der Waals surface area contributed by atoms with Crippen molar-refractivity contribution in [1.82, 2.24) is 20.4 Å². The van der Waals surface area contributed by atoms with E-state index in [1.807, 2.05) is 0 Å². The fourth-order valence-electron chi connectivity index (χ4n) is 2.05. The molecule has 1 atom stereocenters. The Labute approximate surface area is 105 Å². The number of hydrogen-bond acceptors (Lipinski definition) is 3. The molecule has 1 unspecified atom stereocenters. The van der Waals surface area contributed by atoms with Crippen LogP contribution in [-0.4, -0.2) is 69.2 Å². The monoisotopic (exact) mass is 242 g/mol. The molecular weight excluding hydrogens is 216 g/mol. The number of nitrogens with zero attached hydrogens (tertiary/aromatic N) is 2. The molecule has 1 saturated heterocycles. The Bertz CT molecular complexity index is 233. The molecule has 17 heavy (non-hydrogen) atoms. The first kappa shape index (κ1) is 14.3. The predicted molar refractivity (Wildman–Crippen MR) is 70.2 cm³/mol. The predicted octanol–water partition coefficient (Wildman–Crippen LogP) is 0.332. The molecule has 1 aliphatic heterocycles. The van der Waals surface area contributed by atoms with Crippen molar-refractivity contribution in [2.75, 3.05) is 47.3 Å². The normalized spacial score (nSPS) is 21.9. The number of likely N-dealkylation sites (tertiary alicyclic amines) is 1. The van der Waals surface area contributed by atoms with Gasteiger partial charge >= 0.3 is 6.03 Å². The van der Waals surface area contributed by atoms with E-state index in [1.165, 1.54) is 32.4 Å². The minimum absolute atomic E-state index is 0.0209. The molecule has 1 aliphatic rings. The topological polar surface area (TPSA) is 47.6 Å². The fourth-order valence-corrected chi connectivity index (χ4v) is 2.05. The largest absolute Gasteiger partial charge is 0.337 e. The summed E-state index contributed by atoms with van der Waals surface area (Å²) in [5.41, 5.74) is 0. The first-order valence-corrected chi connectivity index (χ1v) is 6.46. The van der Waals surface area contributed by atoms with E-state index in [0.29, 0.717) is 12.6 Å². The number of hydrogen-bond donors (Lipinski definition) is 2. The van der Waals surface area contributed by atoms with Gasteiger partial charge in [0.2, 0.25) is 0 Å². The van der Waals surface area contributed by atoms with Crippen LogP contribution in [0.1, 0.15) is 19.3 Å². The lowest BCUT2D eigenvalue weighted by Gasteiger charge is -2.17. The molecule has 5 heteroatoms. The van der Waals surface area contributed by atoms with Gasteiger partial charge in [0.25, 0.3) is 0 Å². The zero-order chi connectivity index (χ0) is 12.7. The molecule has 2 N–H and O–H groups in total. The number of urea groups is 1. The van der Waals surface area contributed by atoms with Gasteiger partial charge in [0.1, 0.15) is 0 Å². The van der Waals surface area contributed by atoms with Gasteiger partial charge in [-0.3, -0.25) is 0 Å². The quantitative estimate of drug-likeness (QED) is 0.699. The van der Waals surface area contributed by atoms with Crippen molar-refractivity contribution in [1.29, 1.82) is 0 Å². The summed E-state index contributed by atoms with van der Waals surface area (Å²) in [4.78, 5) is 15.2. The van der Waals surface area contributed by atoms with Crippen molar-refractivity contribution in [3.63, 3.8) is 0 Å². The lowest BCUT2D eigenvalue weighted by atomic mass is 10.1. The zero-order valence-corrected chi connectivity index (χ0v) is 11.3. The van der Waals surface area contributed by atoms with Crippen LogP contribution in [0.3, 0.4) is 0 Å². The van der Waals surface area contributed by atoms with Crippen molar-refractivity contribution >= 4 is 6.03 Å². The number of rotatable bonds is 4. The number of amides is 2. The Hall–Kier alpha value is -0.810. The summed E-state index contributed by atoms with van der Waals surface area (Å²) < 4.78 is 0. The molecule has 2 amide bonds. The molecular formula is C12H26N4O. The standard InChI is InChI=1S/C12H26N4O/c1-15(2)12(17)14-8-7-13-11-5-4-9-16(3)10-6-11/h11,13H,4-10H2,1-3H3,(H,14,17). The van der Waals surface area contributed by atoms with E-state index >= 15 is 0 Å². The average Bonchev–Trinajstić information content (AvgIpc) is 2.49. The molecule has 0 aliphatic carbocycles. The van der Waals surface area contributed by atoms with Gasteiger partial charge in [-0.2, -0.15) is 0 Å². The Balaban J connectivity index is 2.08. The van der Waals surface area contributed by atoms with Crippen LogP contribution in [-0.2, 0) is 0 Å². The zero-order valence-electron chi connectivity index (χ0n) is 11.3. The summed E-state index contributed by atoms with van der Waals surface area (Å²) in [7, 11) is 5.69. The maximum absolute atomic E-state index is 11.3. The Morgan fingerprint density at radius 1 is 1.29 bits per heavy atom. The van der Waals surface area contributed by atoms with E-state index in [4.69, 9.17) is 0 Å². The maximum atomic E-state index is 11.3. The van der Waals surface area contributed by atoms with Gasteiger partial charge in [-0.05, 0) is 39.4 Å². The highest BCUT2D eigenvalue weighted by Crippen LogP contribution is 2.08. The van der Waals surface area contributed by atoms with E-state index in [9.17, 15) is 4.79 Å². The Morgan fingerprint density at radius 2 is 2.06 bits per heavy atom. The second-order valence-corrected chi connectivity index (χ2v) is 5.01. The SMILES string of the molecule is CN1CCCC(NCCNC(=O)N(C)C)CC1. The summed E-state index contributed by atoms with van der Waals surface area (Å²) in [6.45, 7) is 3.93. The molecule has 5 nitrogen and oxygen atoms in total. The van der Waals surface area contributed by atoms with Gasteiger partial charge in [-0.15, -0.1) is 0 Å². The van der Waals surface area contributed by atoms with Crippen molar-refractivity contribution in [2.24, 2.45) is 0 Å². The smallest absolute Gasteiger partial charge is 0.316 e. The molecule has 0 saturated carbocycles. The van der Waals surface area contributed by atoms with Gasteiger partial charge in [-0.1, -0.05) is 0 Å². The minimum atomic E-state index is -0.0209. The second kappa shape index (κ2) is 7.50. The van der Waals surface area contributed by atoms with E-state index in [-0.39, 0.29) is 6.03 Å². The van der Waals surface area contributed by atoms with Crippen molar-refractivity contribution in [2.45, 2.75) is 25.3 Å². The molecule has 0 aromatic carbocycles. The molecule has 0 spiro atoms. The van der Waals surface area contributed by atoms with Gasteiger partial charge < -0.3 is 20.4 Å². The van der Waals surface area contributed by atoms with Crippen LogP contribution in [0.4, 0.5) is 4.79 Å². The van der Waals surface area contributed by atoms with Crippen molar-refractivity contribution in [3.8, 4) is 0 Å². The first-order chi connectivity index (χ1) is 8.09. The molecule has 0 aromatic heterocycles. The number of nitrogens with one attached hydrogen (secondary N) is 2. The minimum Gasteiger partial charge on any atom is -0.337 e. The van der Waals surface area contributed by atoms with E-state index < -0.39 is 0 Å². The van der Waals surface area contributed by atoms with E-state index in [2.05, 4.69) is 22.6 Å². The summed E-state index contributed by atoms with van der Waals surface area (Å²) in [5, 5.41) is 6.38.